The molecule has 2 aromatic carbocycles. The van der Waals surface area contributed by atoms with Gasteiger partial charge in [0.1, 0.15) is 10.8 Å². The van der Waals surface area contributed by atoms with Crippen molar-refractivity contribution in [2.75, 3.05) is 17.7 Å². The van der Waals surface area contributed by atoms with Gasteiger partial charge in [-0.1, -0.05) is 25.1 Å². The van der Waals surface area contributed by atoms with E-state index in [9.17, 15) is 19.7 Å². The molecule has 0 aliphatic heterocycles. The summed E-state index contributed by atoms with van der Waals surface area (Å²) >= 11 is 1.44. The minimum atomic E-state index is -0.506. The first-order valence-corrected chi connectivity index (χ1v) is 11.8. The normalized spacial score (nSPS) is 14.7. The topological polar surface area (TPSA) is 111 Å². The maximum atomic E-state index is 13.3. The van der Waals surface area contributed by atoms with Gasteiger partial charge < -0.3 is 15.4 Å². The van der Waals surface area contributed by atoms with Crippen molar-refractivity contribution in [2.24, 2.45) is 5.92 Å². The van der Waals surface area contributed by atoms with Gasteiger partial charge in [0.15, 0.2) is 0 Å². The summed E-state index contributed by atoms with van der Waals surface area (Å²) in [5.41, 5.74) is 2.45. The predicted octanol–water partition coefficient (Wildman–Crippen LogP) is 5.22. The molecule has 1 unspecified atom stereocenters. The molecule has 0 bridgehead atoms. The van der Waals surface area contributed by atoms with Gasteiger partial charge >= 0.3 is 0 Å². The van der Waals surface area contributed by atoms with Gasteiger partial charge in [-0.25, -0.2) is 0 Å². The van der Waals surface area contributed by atoms with Crippen molar-refractivity contribution in [3.05, 3.63) is 80.2 Å². The number of anilines is 2. The SMILES string of the molecule is COc1ccc(CC(=O)Nc2sc3c(c2C(=O)Nc2cccc([N+](=O)[O-])c2)CCC(C)C3)cc1. The van der Waals surface area contributed by atoms with Crippen LogP contribution in [-0.4, -0.2) is 23.8 Å². The molecule has 34 heavy (non-hydrogen) atoms. The Labute approximate surface area is 201 Å². The molecule has 1 atom stereocenters. The molecule has 1 aromatic heterocycles. The Balaban J connectivity index is 1.58. The average Bonchev–Trinajstić information content (AvgIpc) is 3.16. The number of carbonyl (C=O) groups excluding carboxylic acids is 2. The Bertz CT molecular complexity index is 1240. The van der Waals surface area contributed by atoms with E-state index in [1.165, 1.54) is 29.5 Å². The van der Waals surface area contributed by atoms with Crippen LogP contribution in [0.2, 0.25) is 0 Å². The van der Waals surface area contributed by atoms with E-state index in [1.807, 2.05) is 12.1 Å². The highest BCUT2D eigenvalue weighted by molar-refractivity contribution is 7.17. The molecule has 0 spiro atoms. The molecule has 3 aromatic rings. The molecule has 1 heterocycles. The summed E-state index contributed by atoms with van der Waals surface area (Å²) in [6.07, 6.45) is 2.72. The molecular formula is C25H25N3O5S. The standard InChI is InChI=1S/C25H25N3O5S/c1-15-6-11-20-21(12-15)34-25(27-22(29)13-16-7-9-19(33-2)10-8-16)23(20)24(30)26-17-4-3-5-18(14-17)28(31)32/h3-5,7-10,14-15H,6,11-13H2,1-2H3,(H,26,30)(H,27,29). The van der Waals surface area contributed by atoms with Gasteiger partial charge in [-0.2, -0.15) is 0 Å². The Morgan fingerprint density at radius 2 is 1.94 bits per heavy atom. The van der Waals surface area contributed by atoms with Gasteiger partial charge in [-0.05, 0) is 54.5 Å². The van der Waals surface area contributed by atoms with Gasteiger partial charge in [0, 0.05) is 22.7 Å². The van der Waals surface area contributed by atoms with Crippen molar-refractivity contribution in [1.29, 1.82) is 0 Å². The second-order valence-electron chi connectivity index (χ2n) is 8.39. The zero-order valence-corrected chi connectivity index (χ0v) is 19.7. The predicted molar refractivity (Wildman–Crippen MR) is 132 cm³/mol. The van der Waals surface area contributed by atoms with E-state index < -0.39 is 4.92 Å². The highest BCUT2D eigenvalue weighted by Crippen LogP contribution is 2.40. The molecule has 8 nitrogen and oxygen atoms in total. The fourth-order valence-electron chi connectivity index (χ4n) is 4.07. The van der Waals surface area contributed by atoms with E-state index in [1.54, 1.807) is 25.3 Å². The second kappa shape index (κ2) is 10.0. The van der Waals surface area contributed by atoms with Crippen LogP contribution in [0.15, 0.2) is 48.5 Å². The van der Waals surface area contributed by atoms with Crippen LogP contribution in [0.25, 0.3) is 0 Å². The van der Waals surface area contributed by atoms with Crippen LogP contribution >= 0.6 is 11.3 Å². The van der Waals surface area contributed by atoms with E-state index >= 15 is 0 Å². The van der Waals surface area contributed by atoms with Crippen molar-refractivity contribution in [1.82, 2.24) is 0 Å². The molecule has 0 saturated carbocycles. The number of nitro benzene ring substituents is 1. The molecule has 2 amide bonds. The van der Waals surface area contributed by atoms with Crippen LogP contribution in [0.3, 0.4) is 0 Å². The van der Waals surface area contributed by atoms with Crippen molar-refractivity contribution >= 4 is 39.5 Å². The number of carbonyl (C=O) groups is 2. The molecule has 2 N–H and O–H groups in total. The Kier molecular flexibility index (Phi) is 6.93. The third-order valence-corrected chi connectivity index (χ3v) is 7.00. The van der Waals surface area contributed by atoms with Crippen molar-refractivity contribution < 1.29 is 19.2 Å². The fourth-order valence-corrected chi connectivity index (χ4v) is 5.49. The number of benzene rings is 2. The van der Waals surface area contributed by atoms with Crippen LogP contribution < -0.4 is 15.4 Å². The molecule has 1 aliphatic carbocycles. The smallest absolute Gasteiger partial charge is 0.271 e. The number of non-ortho nitro benzene ring substituents is 1. The minimum Gasteiger partial charge on any atom is -0.497 e. The lowest BCUT2D eigenvalue weighted by Gasteiger charge is -2.18. The molecular weight excluding hydrogens is 454 g/mol. The number of hydrogen-bond acceptors (Lipinski definition) is 6. The zero-order valence-electron chi connectivity index (χ0n) is 18.9. The van der Waals surface area contributed by atoms with Crippen LogP contribution in [0.5, 0.6) is 5.75 Å². The molecule has 9 heteroatoms. The van der Waals surface area contributed by atoms with E-state index in [4.69, 9.17) is 4.74 Å². The summed E-state index contributed by atoms with van der Waals surface area (Å²) < 4.78 is 5.16. The monoisotopic (exact) mass is 479 g/mol. The summed E-state index contributed by atoms with van der Waals surface area (Å²) in [7, 11) is 1.58. The highest BCUT2D eigenvalue weighted by Gasteiger charge is 2.28. The van der Waals surface area contributed by atoms with E-state index in [0.29, 0.717) is 27.9 Å². The first-order chi connectivity index (χ1) is 16.3. The molecule has 1 aliphatic rings. The second-order valence-corrected chi connectivity index (χ2v) is 9.50. The number of nitrogens with one attached hydrogen (secondary N) is 2. The van der Waals surface area contributed by atoms with Crippen LogP contribution in [0.1, 0.15) is 39.7 Å². The van der Waals surface area contributed by atoms with Gasteiger partial charge in [-0.3, -0.25) is 19.7 Å². The Morgan fingerprint density at radius 3 is 2.65 bits per heavy atom. The molecule has 0 saturated heterocycles. The molecule has 176 valence electrons. The lowest BCUT2D eigenvalue weighted by Crippen LogP contribution is -2.20. The maximum absolute atomic E-state index is 13.3. The highest BCUT2D eigenvalue weighted by atomic mass is 32.1. The Morgan fingerprint density at radius 1 is 1.18 bits per heavy atom. The largest absolute Gasteiger partial charge is 0.497 e. The van der Waals surface area contributed by atoms with Gasteiger partial charge in [0.05, 0.1) is 24.0 Å². The lowest BCUT2D eigenvalue weighted by molar-refractivity contribution is -0.384. The summed E-state index contributed by atoms with van der Waals surface area (Å²) in [4.78, 5) is 37.8. The molecule has 0 radical (unpaired) electrons. The number of thiophene rings is 1. The molecule has 4 rings (SSSR count). The van der Waals surface area contributed by atoms with Crippen molar-refractivity contribution in [3.8, 4) is 5.75 Å². The summed E-state index contributed by atoms with van der Waals surface area (Å²) in [6, 6.07) is 13.1. The third kappa shape index (κ3) is 5.26. The zero-order chi connectivity index (χ0) is 24.2. The number of nitro groups is 1. The van der Waals surface area contributed by atoms with Gasteiger partial charge in [0.2, 0.25) is 5.91 Å². The van der Waals surface area contributed by atoms with Crippen LogP contribution in [0.4, 0.5) is 16.4 Å². The number of hydrogen-bond donors (Lipinski definition) is 2. The quantitative estimate of drug-likeness (QED) is 0.356. The first kappa shape index (κ1) is 23.4. The lowest BCUT2D eigenvalue weighted by atomic mass is 9.88. The van der Waals surface area contributed by atoms with Crippen LogP contribution in [0, 0.1) is 16.0 Å². The number of rotatable bonds is 7. The first-order valence-electron chi connectivity index (χ1n) is 11.0. The summed E-state index contributed by atoms with van der Waals surface area (Å²) in [5, 5.41) is 17.3. The number of fused-ring (bicyclic) bond motifs is 1. The van der Waals surface area contributed by atoms with Gasteiger partial charge in [-0.15, -0.1) is 11.3 Å². The van der Waals surface area contributed by atoms with Crippen molar-refractivity contribution in [3.63, 3.8) is 0 Å². The number of amides is 2. The summed E-state index contributed by atoms with van der Waals surface area (Å²) in [6.45, 7) is 2.17. The van der Waals surface area contributed by atoms with E-state index in [-0.39, 0.29) is 23.9 Å². The number of methoxy groups -OCH3 is 1. The van der Waals surface area contributed by atoms with Crippen molar-refractivity contribution in [2.45, 2.75) is 32.6 Å². The van der Waals surface area contributed by atoms with E-state index in [2.05, 4.69) is 17.6 Å². The fraction of sp³-hybridized carbons (Fsp3) is 0.280. The molecule has 0 fully saturated rings. The van der Waals surface area contributed by atoms with Crippen LogP contribution in [-0.2, 0) is 24.1 Å². The van der Waals surface area contributed by atoms with Gasteiger partial charge in [0.25, 0.3) is 11.6 Å². The average molecular weight is 480 g/mol. The summed E-state index contributed by atoms with van der Waals surface area (Å²) in [5.74, 6) is 0.611. The maximum Gasteiger partial charge on any atom is 0.271 e. The third-order valence-electron chi connectivity index (χ3n) is 5.83. The Hall–Kier alpha value is -3.72. The minimum absolute atomic E-state index is 0.105. The van der Waals surface area contributed by atoms with E-state index in [0.717, 1.165) is 35.3 Å². The number of ether oxygens (including phenoxy) is 1. The number of nitrogens with zero attached hydrogens (tertiary/aromatic N) is 1.